The maximum absolute atomic E-state index is 6.34. The van der Waals surface area contributed by atoms with E-state index in [0.717, 1.165) is 27.8 Å². The molecule has 2 heterocycles. The van der Waals surface area contributed by atoms with E-state index in [1.165, 1.54) is 38.5 Å². The van der Waals surface area contributed by atoms with Crippen LogP contribution in [0, 0.1) is 5.92 Å². The maximum atomic E-state index is 6.34. The van der Waals surface area contributed by atoms with Gasteiger partial charge in [0, 0.05) is 13.1 Å². The van der Waals surface area contributed by atoms with E-state index in [4.69, 9.17) is 16.6 Å². The number of imidazole rings is 1. The lowest BCUT2D eigenvalue weighted by Gasteiger charge is -2.40. The fraction of sp³-hybridized carbons (Fsp3) is 0.588. The van der Waals surface area contributed by atoms with E-state index >= 15 is 0 Å². The van der Waals surface area contributed by atoms with E-state index in [0.29, 0.717) is 12.1 Å². The monoisotopic (exact) mass is 303 g/mol. The number of rotatable bonds is 1. The van der Waals surface area contributed by atoms with E-state index in [9.17, 15) is 0 Å². The van der Waals surface area contributed by atoms with Crippen LogP contribution in [0.2, 0.25) is 5.02 Å². The summed E-state index contributed by atoms with van der Waals surface area (Å²) in [7, 11) is 2.09. The summed E-state index contributed by atoms with van der Waals surface area (Å²) < 4.78 is 2.18. The number of aryl methyl sites for hydroxylation is 1. The summed E-state index contributed by atoms with van der Waals surface area (Å²) in [4.78, 5) is 4.85. The molecule has 1 N–H and O–H groups in total. The number of hydrogen-bond donors (Lipinski definition) is 1. The number of hydrogen-bond acceptors (Lipinski definition) is 2. The maximum Gasteiger partial charge on any atom is 0.126 e. The Kier molecular flexibility index (Phi) is 3.43. The fourth-order valence-electron chi connectivity index (χ4n) is 4.25. The lowest BCUT2D eigenvalue weighted by molar-refractivity contribution is 0.172. The lowest BCUT2D eigenvalue weighted by Crippen LogP contribution is -2.45. The summed E-state index contributed by atoms with van der Waals surface area (Å²) in [5, 5.41) is 4.66. The van der Waals surface area contributed by atoms with Crippen molar-refractivity contribution in [2.75, 3.05) is 0 Å². The first kappa shape index (κ1) is 13.6. The molecule has 0 amide bonds. The Labute approximate surface area is 130 Å². The Balaban J connectivity index is 1.67. The van der Waals surface area contributed by atoms with Crippen molar-refractivity contribution >= 4 is 22.6 Å². The van der Waals surface area contributed by atoms with Gasteiger partial charge in [-0.2, -0.15) is 0 Å². The number of nitrogens with one attached hydrogen (secondary N) is 1. The second-order valence-corrected chi connectivity index (χ2v) is 6.99. The molecule has 0 radical (unpaired) electrons. The summed E-state index contributed by atoms with van der Waals surface area (Å²) in [5.41, 5.74) is 2.06. The Bertz CT molecular complexity index is 663. The number of aromatic nitrogens is 2. The number of nitrogens with zero attached hydrogens (tertiary/aromatic N) is 2. The predicted octanol–water partition coefficient (Wildman–Crippen LogP) is 4.21. The molecule has 3 atom stereocenters. The summed E-state index contributed by atoms with van der Waals surface area (Å²) in [6.45, 7) is 0. The van der Waals surface area contributed by atoms with Crippen LogP contribution in [0.1, 0.15) is 50.4 Å². The van der Waals surface area contributed by atoms with Crippen molar-refractivity contribution in [2.45, 2.75) is 50.6 Å². The van der Waals surface area contributed by atoms with E-state index in [-0.39, 0.29) is 0 Å². The number of halogens is 1. The molecule has 1 aliphatic heterocycles. The smallest absolute Gasteiger partial charge is 0.126 e. The Morgan fingerprint density at radius 1 is 1.19 bits per heavy atom. The molecular formula is C17H22ClN3. The lowest BCUT2D eigenvalue weighted by atomic mass is 9.77. The average molecular weight is 304 g/mol. The van der Waals surface area contributed by atoms with Crippen LogP contribution in [-0.2, 0) is 7.05 Å². The summed E-state index contributed by atoms with van der Waals surface area (Å²) in [5.74, 6) is 2.02. The normalized spacial score (nSPS) is 29.5. The summed E-state index contributed by atoms with van der Waals surface area (Å²) >= 11 is 6.34. The number of benzene rings is 1. The van der Waals surface area contributed by atoms with Crippen LogP contribution in [-0.4, -0.2) is 15.6 Å². The van der Waals surface area contributed by atoms with Gasteiger partial charge >= 0.3 is 0 Å². The van der Waals surface area contributed by atoms with Crippen molar-refractivity contribution in [2.24, 2.45) is 13.0 Å². The van der Waals surface area contributed by atoms with Crippen LogP contribution < -0.4 is 5.32 Å². The Morgan fingerprint density at radius 3 is 2.90 bits per heavy atom. The van der Waals surface area contributed by atoms with Crippen LogP contribution in [0.25, 0.3) is 11.0 Å². The van der Waals surface area contributed by atoms with Crippen LogP contribution >= 0.6 is 11.6 Å². The van der Waals surface area contributed by atoms with Crippen molar-refractivity contribution < 1.29 is 0 Å². The van der Waals surface area contributed by atoms with Gasteiger partial charge in [0.15, 0.2) is 0 Å². The molecule has 2 aliphatic rings. The SMILES string of the molecule is Cn1c(C2CCC3CCCCC3N2)nc2cccc(Cl)c21. The van der Waals surface area contributed by atoms with Gasteiger partial charge in [0.2, 0.25) is 0 Å². The highest BCUT2D eigenvalue weighted by Gasteiger charge is 2.33. The van der Waals surface area contributed by atoms with Crippen molar-refractivity contribution in [3.05, 3.63) is 29.0 Å². The fourth-order valence-corrected chi connectivity index (χ4v) is 4.55. The van der Waals surface area contributed by atoms with Crippen LogP contribution in [0.3, 0.4) is 0 Å². The Morgan fingerprint density at radius 2 is 2.05 bits per heavy atom. The van der Waals surface area contributed by atoms with Gasteiger partial charge in [0.05, 0.1) is 22.1 Å². The topological polar surface area (TPSA) is 29.9 Å². The van der Waals surface area contributed by atoms with Gasteiger partial charge in [0.25, 0.3) is 0 Å². The van der Waals surface area contributed by atoms with Gasteiger partial charge in [-0.25, -0.2) is 4.98 Å². The molecule has 4 heteroatoms. The van der Waals surface area contributed by atoms with Crippen LogP contribution in [0.5, 0.6) is 0 Å². The summed E-state index contributed by atoms with van der Waals surface area (Å²) in [6, 6.07) is 7.04. The van der Waals surface area contributed by atoms with Gasteiger partial charge in [0.1, 0.15) is 5.82 Å². The van der Waals surface area contributed by atoms with E-state index in [2.05, 4.69) is 23.0 Å². The number of para-hydroxylation sites is 1. The number of fused-ring (bicyclic) bond motifs is 2. The highest BCUT2D eigenvalue weighted by molar-refractivity contribution is 6.35. The van der Waals surface area contributed by atoms with Crippen molar-refractivity contribution in [3.63, 3.8) is 0 Å². The molecule has 2 fully saturated rings. The third-order valence-corrected chi connectivity index (χ3v) is 5.65. The van der Waals surface area contributed by atoms with E-state index in [1.807, 2.05) is 12.1 Å². The molecule has 0 spiro atoms. The first-order valence-corrected chi connectivity index (χ1v) is 8.48. The number of piperidine rings is 1. The highest BCUT2D eigenvalue weighted by Crippen LogP contribution is 2.37. The molecule has 1 aliphatic carbocycles. The second kappa shape index (κ2) is 5.29. The van der Waals surface area contributed by atoms with Crippen LogP contribution in [0.15, 0.2) is 18.2 Å². The second-order valence-electron chi connectivity index (χ2n) is 6.58. The molecule has 2 aromatic rings. The van der Waals surface area contributed by atoms with Gasteiger partial charge < -0.3 is 9.88 Å². The molecule has 1 saturated heterocycles. The summed E-state index contributed by atoms with van der Waals surface area (Å²) in [6.07, 6.45) is 8.03. The average Bonchev–Trinajstić information content (AvgIpc) is 2.85. The quantitative estimate of drug-likeness (QED) is 0.855. The molecule has 112 valence electrons. The molecular weight excluding hydrogens is 282 g/mol. The third kappa shape index (κ3) is 2.27. The standard InChI is InChI=1S/C17H22ClN3/c1-21-16-12(18)6-4-8-14(16)20-17(21)15-10-9-11-5-2-3-7-13(11)19-15/h4,6,8,11,13,15,19H,2-3,5,7,9-10H2,1H3. The largest absolute Gasteiger partial charge is 0.329 e. The first-order chi connectivity index (χ1) is 10.2. The molecule has 21 heavy (non-hydrogen) atoms. The van der Waals surface area contributed by atoms with Gasteiger partial charge in [-0.05, 0) is 43.7 Å². The molecule has 3 nitrogen and oxygen atoms in total. The molecule has 1 aromatic carbocycles. The minimum atomic E-state index is 0.373. The van der Waals surface area contributed by atoms with Gasteiger partial charge in [-0.15, -0.1) is 0 Å². The zero-order valence-electron chi connectivity index (χ0n) is 12.5. The van der Waals surface area contributed by atoms with E-state index < -0.39 is 0 Å². The van der Waals surface area contributed by atoms with E-state index in [1.54, 1.807) is 0 Å². The molecule has 3 unspecified atom stereocenters. The van der Waals surface area contributed by atoms with Gasteiger partial charge in [-0.1, -0.05) is 30.5 Å². The molecule has 0 bridgehead atoms. The van der Waals surface area contributed by atoms with Crippen molar-refractivity contribution in [3.8, 4) is 0 Å². The zero-order chi connectivity index (χ0) is 14.4. The Hall–Kier alpha value is -1.06. The first-order valence-electron chi connectivity index (χ1n) is 8.11. The molecule has 1 saturated carbocycles. The van der Waals surface area contributed by atoms with Gasteiger partial charge in [-0.3, -0.25) is 0 Å². The minimum absolute atomic E-state index is 0.373. The highest BCUT2D eigenvalue weighted by atomic mass is 35.5. The predicted molar refractivity (Wildman–Crippen MR) is 86.6 cm³/mol. The minimum Gasteiger partial charge on any atom is -0.329 e. The molecule has 1 aromatic heterocycles. The van der Waals surface area contributed by atoms with Crippen LogP contribution in [0.4, 0.5) is 0 Å². The third-order valence-electron chi connectivity index (χ3n) is 5.34. The van der Waals surface area contributed by atoms with Crippen molar-refractivity contribution in [1.82, 2.24) is 14.9 Å². The zero-order valence-corrected chi connectivity index (χ0v) is 13.2. The van der Waals surface area contributed by atoms with Crippen molar-refractivity contribution in [1.29, 1.82) is 0 Å². The molecule has 4 rings (SSSR count).